The fourth-order valence-electron chi connectivity index (χ4n) is 2.81. The molecule has 6 nitrogen and oxygen atoms in total. The zero-order chi connectivity index (χ0) is 14.9. The Bertz CT molecular complexity index is 460. The van der Waals surface area contributed by atoms with E-state index in [-0.39, 0.29) is 0 Å². The van der Waals surface area contributed by atoms with Gasteiger partial charge in [-0.15, -0.1) is 0 Å². The average molecular weight is 295 g/mol. The lowest BCUT2D eigenvalue weighted by Gasteiger charge is -2.47. The van der Waals surface area contributed by atoms with Gasteiger partial charge in [-0.1, -0.05) is 30.3 Å². The molecule has 3 N–H and O–H groups in total. The van der Waals surface area contributed by atoms with Gasteiger partial charge in [-0.25, -0.2) is 0 Å². The van der Waals surface area contributed by atoms with Gasteiger partial charge < -0.3 is 29.8 Å². The van der Waals surface area contributed by atoms with Crippen LogP contribution in [0, 0.1) is 0 Å². The van der Waals surface area contributed by atoms with Gasteiger partial charge in [0.05, 0.1) is 25.4 Å². The van der Waals surface area contributed by atoms with Gasteiger partial charge in [-0.05, 0) is 0 Å². The summed E-state index contributed by atoms with van der Waals surface area (Å²) in [7, 11) is 1.51. The summed E-state index contributed by atoms with van der Waals surface area (Å²) in [6.07, 6.45) is -1.40. The maximum absolute atomic E-state index is 10.1. The first-order valence-corrected chi connectivity index (χ1v) is 7.06. The number of methoxy groups -OCH3 is 1. The Balaban J connectivity index is 1.67. The van der Waals surface area contributed by atoms with Gasteiger partial charge in [0.1, 0.15) is 5.60 Å². The second-order valence-corrected chi connectivity index (χ2v) is 5.62. The first-order chi connectivity index (χ1) is 10.1. The van der Waals surface area contributed by atoms with Gasteiger partial charge in [-0.2, -0.15) is 0 Å². The number of hydrogen-bond acceptors (Lipinski definition) is 6. The van der Waals surface area contributed by atoms with Crippen LogP contribution in [-0.2, 0) is 18.9 Å². The van der Waals surface area contributed by atoms with Crippen molar-refractivity contribution < 1.29 is 24.1 Å². The minimum absolute atomic E-state index is 0.330. The fourth-order valence-corrected chi connectivity index (χ4v) is 2.81. The van der Waals surface area contributed by atoms with E-state index in [1.807, 2.05) is 30.3 Å². The van der Waals surface area contributed by atoms with Gasteiger partial charge in [0.25, 0.3) is 0 Å². The van der Waals surface area contributed by atoms with Gasteiger partial charge in [0, 0.05) is 19.1 Å². The van der Waals surface area contributed by atoms with Crippen molar-refractivity contribution in [2.75, 3.05) is 20.3 Å². The van der Waals surface area contributed by atoms with E-state index in [0.29, 0.717) is 19.6 Å². The minimum atomic E-state index is -0.707. The van der Waals surface area contributed by atoms with Crippen LogP contribution in [0.15, 0.2) is 30.3 Å². The van der Waals surface area contributed by atoms with E-state index >= 15 is 0 Å². The molecule has 0 aliphatic carbocycles. The van der Waals surface area contributed by atoms with E-state index in [1.165, 1.54) is 7.11 Å². The molecule has 2 aliphatic heterocycles. The van der Waals surface area contributed by atoms with E-state index in [1.54, 1.807) is 0 Å². The van der Waals surface area contributed by atoms with Gasteiger partial charge in [0.2, 0.25) is 0 Å². The molecule has 2 saturated heterocycles. The summed E-state index contributed by atoms with van der Waals surface area (Å²) < 4.78 is 22.6. The van der Waals surface area contributed by atoms with Crippen molar-refractivity contribution in [1.82, 2.24) is 0 Å². The number of nitrogens with two attached hydrogens (primary N) is 1. The smallest absolute Gasteiger partial charge is 0.184 e. The van der Waals surface area contributed by atoms with E-state index < -0.39 is 30.3 Å². The SMILES string of the molecule is CO[C@H]1OC2(COC(c3ccccc3)OC2)CC(O)C1N. The Hall–Kier alpha value is -1.02. The monoisotopic (exact) mass is 295 g/mol. The molecule has 0 aromatic heterocycles. The zero-order valence-corrected chi connectivity index (χ0v) is 12.0. The third-order valence-electron chi connectivity index (χ3n) is 4.01. The Kier molecular flexibility index (Phi) is 4.26. The molecule has 2 fully saturated rings. The maximum Gasteiger partial charge on any atom is 0.184 e. The van der Waals surface area contributed by atoms with Crippen LogP contribution < -0.4 is 5.73 Å². The molecular weight excluding hydrogens is 274 g/mol. The predicted octanol–water partition coefficient (Wildman–Crippen LogP) is 0.552. The second-order valence-electron chi connectivity index (χ2n) is 5.62. The summed E-state index contributed by atoms with van der Waals surface area (Å²) in [5.41, 5.74) is 6.11. The summed E-state index contributed by atoms with van der Waals surface area (Å²) >= 11 is 0. The molecule has 0 amide bonds. The maximum atomic E-state index is 10.1. The molecule has 0 radical (unpaired) electrons. The van der Waals surface area contributed by atoms with Crippen LogP contribution in [0.5, 0.6) is 0 Å². The van der Waals surface area contributed by atoms with Crippen LogP contribution in [0.2, 0.25) is 0 Å². The van der Waals surface area contributed by atoms with Gasteiger partial charge in [0.15, 0.2) is 12.6 Å². The fraction of sp³-hybridized carbons (Fsp3) is 0.600. The number of benzene rings is 1. The predicted molar refractivity (Wildman–Crippen MR) is 74.3 cm³/mol. The molecule has 1 aromatic rings. The van der Waals surface area contributed by atoms with Crippen LogP contribution in [-0.4, -0.2) is 49.5 Å². The molecule has 21 heavy (non-hydrogen) atoms. The molecule has 3 rings (SSSR count). The van der Waals surface area contributed by atoms with Crippen molar-refractivity contribution in [3.05, 3.63) is 35.9 Å². The van der Waals surface area contributed by atoms with Crippen LogP contribution in [0.25, 0.3) is 0 Å². The largest absolute Gasteiger partial charge is 0.391 e. The highest BCUT2D eigenvalue weighted by Gasteiger charge is 2.48. The quantitative estimate of drug-likeness (QED) is 0.829. The number of rotatable bonds is 2. The van der Waals surface area contributed by atoms with Crippen molar-refractivity contribution in [1.29, 1.82) is 0 Å². The van der Waals surface area contributed by atoms with Crippen molar-refractivity contribution in [2.24, 2.45) is 5.73 Å². The standard InChI is InChI=1S/C15H21NO5/c1-18-14-12(16)11(17)7-15(21-14)8-19-13(20-9-15)10-5-3-2-4-6-10/h2-6,11-14,17H,7-9,16H2,1H3/t11?,12?,13?,14-,15?/m0/s1. The second kappa shape index (κ2) is 6.00. The van der Waals surface area contributed by atoms with Crippen LogP contribution in [0.3, 0.4) is 0 Å². The van der Waals surface area contributed by atoms with Crippen LogP contribution in [0.4, 0.5) is 0 Å². The lowest BCUT2D eigenvalue weighted by Crippen LogP contribution is -2.63. The zero-order valence-electron chi connectivity index (χ0n) is 12.0. The first-order valence-electron chi connectivity index (χ1n) is 7.06. The third kappa shape index (κ3) is 2.96. The Labute approximate surface area is 123 Å². The summed E-state index contributed by atoms with van der Waals surface area (Å²) in [6, 6.07) is 9.16. The molecule has 1 aromatic carbocycles. The van der Waals surface area contributed by atoms with Crippen molar-refractivity contribution in [2.45, 2.75) is 36.7 Å². The van der Waals surface area contributed by atoms with E-state index in [4.69, 9.17) is 24.7 Å². The molecule has 2 heterocycles. The van der Waals surface area contributed by atoms with Gasteiger partial charge in [-0.3, -0.25) is 0 Å². The molecule has 2 unspecified atom stereocenters. The Morgan fingerprint density at radius 1 is 1.24 bits per heavy atom. The average Bonchev–Trinajstić information content (AvgIpc) is 2.53. The summed E-state index contributed by atoms with van der Waals surface area (Å²) in [4.78, 5) is 0. The number of aliphatic hydroxyl groups excluding tert-OH is 1. The number of hydrogen-bond donors (Lipinski definition) is 2. The van der Waals surface area contributed by atoms with E-state index in [0.717, 1.165) is 5.56 Å². The van der Waals surface area contributed by atoms with Crippen molar-refractivity contribution in [3.63, 3.8) is 0 Å². The highest BCUT2D eigenvalue weighted by molar-refractivity contribution is 5.16. The van der Waals surface area contributed by atoms with Crippen LogP contribution >= 0.6 is 0 Å². The highest BCUT2D eigenvalue weighted by Crippen LogP contribution is 2.36. The molecule has 0 bridgehead atoms. The Morgan fingerprint density at radius 3 is 2.52 bits per heavy atom. The van der Waals surface area contributed by atoms with Crippen molar-refractivity contribution >= 4 is 0 Å². The lowest BCUT2D eigenvalue weighted by atomic mass is 9.89. The number of ether oxygens (including phenoxy) is 4. The lowest BCUT2D eigenvalue weighted by molar-refractivity contribution is -0.332. The molecule has 1 spiro atoms. The summed E-state index contributed by atoms with van der Waals surface area (Å²) in [6.45, 7) is 0.659. The van der Waals surface area contributed by atoms with E-state index in [9.17, 15) is 5.11 Å². The van der Waals surface area contributed by atoms with Crippen LogP contribution in [0.1, 0.15) is 18.3 Å². The molecule has 0 saturated carbocycles. The number of aliphatic hydroxyl groups is 1. The molecule has 116 valence electrons. The summed E-state index contributed by atoms with van der Waals surface area (Å²) in [5, 5.41) is 10.1. The van der Waals surface area contributed by atoms with Gasteiger partial charge >= 0.3 is 0 Å². The van der Waals surface area contributed by atoms with E-state index in [2.05, 4.69) is 0 Å². The minimum Gasteiger partial charge on any atom is -0.391 e. The third-order valence-corrected chi connectivity index (χ3v) is 4.01. The van der Waals surface area contributed by atoms with Crippen molar-refractivity contribution in [3.8, 4) is 0 Å². The topological polar surface area (TPSA) is 83.2 Å². The normalized spacial score (nSPS) is 40.3. The first kappa shape index (κ1) is 14.9. The molecular formula is C15H21NO5. The molecule has 2 aliphatic rings. The molecule has 3 atom stereocenters. The summed E-state index contributed by atoms with van der Waals surface area (Å²) in [5.74, 6) is 0. The Morgan fingerprint density at radius 2 is 1.90 bits per heavy atom. The molecule has 6 heteroatoms. The highest BCUT2D eigenvalue weighted by atomic mass is 16.7.